The van der Waals surface area contributed by atoms with Crippen molar-refractivity contribution in [1.82, 2.24) is 0 Å². The lowest BCUT2D eigenvalue weighted by molar-refractivity contribution is -0.115. The number of carbonyl (C=O) groups excluding carboxylic acids is 3. The molecule has 0 saturated heterocycles. The van der Waals surface area contributed by atoms with Gasteiger partial charge in [-0.15, -0.1) is 23.1 Å². The average Bonchev–Trinajstić information content (AvgIpc) is 3.50. The third-order valence-corrected chi connectivity index (χ3v) is 8.44. The van der Waals surface area contributed by atoms with Gasteiger partial charge in [0.1, 0.15) is 5.00 Å². The number of hydrogen-bond acceptors (Lipinski definition) is 7. The Morgan fingerprint density at radius 3 is 2.77 bits per heavy atom. The maximum Gasteiger partial charge on any atom is 0.341 e. The predicted octanol–water partition coefficient (Wildman–Crippen LogP) is 6.01. The van der Waals surface area contributed by atoms with Gasteiger partial charge in [0.25, 0.3) is 5.91 Å². The molecular weight excluding hydrogens is 484 g/mol. The van der Waals surface area contributed by atoms with Crippen LogP contribution in [-0.2, 0) is 22.4 Å². The van der Waals surface area contributed by atoms with Crippen LogP contribution in [0.4, 0.5) is 10.7 Å². The summed E-state index contributed by atoms with van der Waals surface area (Å²) in [6, 6.07) is 10.6. The van der Waals surface area contributed by atoms with Gasteiger partial charge in [0.05, 0.1) is 24.2 Å². The normalized spacial score (nSPS) is 15.7. The Bertz CT molecular complexity index is 1220. The summed E-state index contributed by atoms with van der Waals surface area (Å²) in [5.74, 6) is -0.140. The molecule has 2 heterocycles. The number of benzene rings is 1. The van der Waals surface area contributed by atoms with Crippen molar-refractivity contribution in [2.45, 2.75) is 49.7 Å². The minimum Gasteiger partial charge on any atom is -0.465 e. The molecule has 35 heavy (non-hydrogen) atoms. The number of esters is 1. The van der Waals surface area contributed by atoms with Crippen molar-refractivity contribution >= 4 is 51.6 Å². The summed E-state index contributed by atoms with van der Waals surface area (Å²) < 4.78 is 10.2. The van der Waals surface area contributed by atoms with Crippen LogP contribution >= 0.6 is 23.1 Å². The summed E-state index contributed by atoms with van der Waals surface area (Å²) in [6.07, 6.45) is 4.77. The number of rotatable bonds is 8. The molecule has 2 N–H and O–H groups in total. The van der Waals surface area contributed by atoms with E-state index < -0.39 is 5.97 Å². The van der Waals surface area contributed by atoms with Gasteiger partial charge in [-0.3, -0.25) is 9.59 Å². The van der Waals surface area contributed by atoms with Crippen molar-refractivity contribution in [3.05, 3.63) is 64.4 Å². The molecule has 0 aliphatic heterocycles. The number of thiophene rings is 1. The van der Waals surface area contributed by atoms with Crippen LogP contribution in [0, 0.1) is 5.92 Å². The van der Waals surface area contributed by atoms with E-state index in [1.165, 1.54) is 36.5 Å². The largest absolute Gasteiger partial charge is 0.465 e. The second kappa shape index (κ2) is 11.1. The number of methoxy groups -OCH3 is 1. The Kier molecular flexibility index (Phi) is 7.97. The van der Waals surface area contributed by atoms with Crippen LogP contribution < -0.4 is 10.6 Å². The summed E-state index contributed by atoms with van der Waals surface area (Å²) in [5.41, 5.74) is 2.12. The Morgan fingerprint density at radius 1 is 1.23 bits per heavy atom. The SMILES string of the molecule is CCC(Sc1cccc(NC(=O)c2ccco2)c1)C(=O)Nc1sc2c(c1C(=O)OC)CCC(C)C2. The first-order chi connectivity index (χ1) is 16.9. The topological polar surface area (TPSA) is 97.6 Å². The monoisotopic (exact) mass is 512 g/mol. The van der Waals surface area contributed by atoms with E-state index in [4.69, 9.17) is 9.15 Å². The van der Waals surface area contributed by atoms with E-state index in [-0.39, 0.29) is 22.8 Å². The molecule has 3 aromatic rings. The first-order valence-corrected chi connectivity index (χ1v) is 13.2. The minimum absolute atomic E-state index is 0.167. The second-order valence-electron chi connectivity index (χ2n) is 8.51. The van der Waals surface area contributed by atoms with Crippen LogP contribution in [0.15, 0.2) is 52.0 Å². The number of furan rings is 1. The number of fused-ring (bicyclic) bond motifs is 1. The first kappa shape index (κ1) is 25.1. The van der Waals surface area contributed by atoms with Gasteiger partial charge in [0.15, 0.2) is 5.76 Å². The van der Waals surface area contributed by atoms with Crippen LogP contribution in [0.2, 0.25) is 0 Å². The Hall–Kier alpha value is -3.04. The van der Waals surface area contributed by atoms with E-state index in [1.54, 1.807) is 18.2 Å². The lowest BCUT2D eigenvalue weighted by Gasteiger charge is -2.18. The zero-order valence-electron chi connectivity index (χ0n) is 19.9. The summed E-state index contributed by atoms with van der Waals surface area (Å²) >= 11 is 2.89. The van der Waals surface area contributed by atoms with Crippen LogP contribution in [0.3, 0.4) is 0 Å². The lowest BCUT2D eigenvalue weighted by atomic mass is 9.88. The van der Waals surface area contributed by atoms with E-state index in [0.717, 1.165) is 34.6 Å². The van der Waals surface area contributed by atoms with Crippen molar-refractivity contribution in [1.29, 1.82) is 0 Å². The third-order valence-electron chi connectivity index (χ3n) is 5.92. The molecule has 1 aromatic carbocycles. The van der Waals surface area contributed by atoms with E-state index in [0.29, 0.717) is 28.6 Å². The fourth-order valence-electron chi connectivity index (χ4n) is 4.08. The zero-order chi connectivity index (χ0) is 24.9. The highest BCUT2D eigenvalue weighted by Gasteiger charge is 2.30. The van der Waals surface area contributed by atoms with E-state index in [9.17, 15) is 14.4 Å². The first-order valence-electron chi connectivity index (χ1n) is 11.5. The lowest BCUT2D eigenvalue weighted by Crippen LogP contribution is -2.25. The highest BCUT2D eigenvalue weighted by molar-refractivity contribution is 8.00. The second-order valence-corrected chi connectivity index (χ2v) is 10.9. The number of ether oxygens (including phenoxy) is 1. The number of carbonyl (C=O) groups is 3. The van der Waals surface area contributed by atoms with Gasteiger partial charge in [-0.1, -0.05) is 19.9 Å². The quantitative estimate of drug-likeness (QED) is 0.283. The summed E-state index contributed by atoms with van der Waals surface area (Å²) in [4.78, 5) is 40.1. The highest BCUT2D eigenvalue weighted by Crippen LogP contribution is 2.40. The van der Waals surface area contributed by atoms with Gasteiger partial charge < -0.3 is 19.8 Å². The van der Waals surface area contributed by atoms with E-state index >= 15 is 0 Å². The smallest absolute Gasteiger partial charge is 0.341 e. The summed E-state index contributed by atoms with van der Waals surface area (Å²) in [7, 11) is 1.37. The van der Waals surface area contributed by atoms with Crippen molar-refractivity contribution in [3.63, 3.8) is 0 Å². The van der Waals surface area contributed by atoms with Crippen molar-refractivity contribution in [2.75, 3.05) is 17.7 Å². The molecule has 0 radical (unpaired) electrons. The third kappa shape index (κ3) is 5.79. The Balaban J connectivity index is 1.48. The fraction of sp³-hybridized carbons (Fsp3) is 0.346. The summed E-state index contributed by atoms with van der Waals surface area (Å²) in [5, 5.41) is 6.01. The zero-order valence-corrected chi connectivity index (χ0v) is 21.5. The van der Waals surface area contributed by atoms with Crippen molar-refractivity contribution in [3.8, 4) is 0 Å². The van der Waals surface area contributed by atoms with Gasteiger partial charge in [-0.05, 0) is 67.5 Å². The maximum absolute atomic E-state index is 13.2. The highest BCUT2D eigenvalue weighted by atomic mass is 32.2. The van der Waals surface area contributed by atoms with E-state index in [2.05, 4.69) is 17.6 Å². The van der Waals surface area contributed by atoms with Crippen LogP contribution in [-0.4, -0.2) is 30.1 Å². The Labute approximate surface area is 212 Å². The average molecular weight is 513 g/mol. The fourth-order valence-corrected chi connectivity index (χ4v) is 6.50. The molecule has 184 valence electrons. The standard InChI is InChI=1S/C26H28N2O5S2/c1-4-20(34-17-8-5-7-16(14-17)27-23(29)19-9-6-12-33-19)24(30)28-25-22(26(31)32-3)18-11-10-15(2)13-21(18)35-25/h5-9,12,14-15,20H,4,10-11,13H2,1-3H3,(H,27,29)(H,28,30). The molecule has 2 amide bonds. The molecular formula is C26H28N2O5S2. The van der Waals surface area contributed by atoms with Gasteiger partial charge in [0.2, 0.25) is 5.91 Å². The molecule has 0 spiro atoms. The molecule has 4 rings (SSSR count). The molecule has 0 bridgehead atoms. The molecule has 0 fully saturated rings. The molecule has 2 aromatic heterocycles. The van der Waals surface area contributed by atoms with Gasteiger partial charge in [0, 0.05) is 15.5 Å². The molecule has 2 atom stereocenters. The number of hydrogen-bond donors (Lipinski definition) is 2. The van der Waals surface area contributed by atoms with Gasteiger partial charge >= 0.3 is 5.97 Å². The molecule has 7 nitrogen and oxygen atoms in total. The molecule has 9 heteroatoms. The number of anilines is 2. The van der Waals surface area contributed by atoms with Crippen LogP contribution in [0.25, 0.3) is 0 Å². The Morgan fingerprint density at radius 2 is 2.06 bits per heavy atom. The molecule has 2 unspecified atom stereocenters. The molecule has 0 saturated carbocycles. The van der Waals surface area contributed by atoms with Crippen molar-refractivity contribution < 1.29 is 23.5 Å². The van der Waals surface area contributed by atoms with Gasteiger partial charge in [-0.2, -0.15) is 0 Å². The van der Waals surface area contributed by atoms with Crippen LogP contribution in [0.1, 0.15) is 58.0 Å². The minimum atomic E-state index is -0.409. The number of amides is 2. The number of thioether (sulfide) groups is 1. The number of nitrogens with one attached hydrogen (secondary N) is 2. The predicted molar refractivity (Wildman–Crippen MR) is 139 cm³/mol. The van der Waals surface area contributed by atoms with Crippen LogP contribution in [0.5, 0.6) is 0 Å². The summed E-state index contributed by atoms with van der Waals surface area (Å²) in [6.45, 7) is 4.15. The maximum atomic E-state index is 13.2. The van der Waals surface area contributed by atoms with Gasteiger partial charge in [-0.25, -0.2) is 4.79 Å². The molecule has 1 aliphatic carbocycles. The molecule has 1 aliphatic rings. The van der Waals surface area contributed by atoms with E-state index in [1.807, 2.05) is 25.1 Å². The van der Waals surface area contributed by atoms with Crippen molar-refractivity contribution in [2.24, 2.45) is 5.92 Å².